The number of imidazole rings is 1. The first-order chi connectivity index (χ1) is 16.1. The van der Waals surface area contributed by atoms with Gasteiger partial charge < -0.3 is 29.4 Å². The van der Waals surface area contributed by atoms with Crippen LogP contribution in [0.15, 0.2) is 60.7 Å². The van der Waals surface area contributed by atoms with Gasteiger partial charge in [0.15, 0.2) is 6.10 Å². The number of halogens is 1. The zero-order chi connectivity index (χ0) is 22.5. The SMILES string of the molecule is Oc1ccccc1-c1ccc(-c2cc3nc(O[C@@H]4CO[C@H]5[C@@H]4OC[C@H]5O)[nH]c3cc2F)cc1. The molecule has 0 bridgehead atoms. The third-order valence-electron chi connectivity index (χ3n) is 6.20. The van der Waals surface area contributed by atoms with Crippen LogP contribution in [0.25, 0.3) is 33.3 Å². The van der Waals surface area contributed by atoms with Gasteiger partial charge in [0.1, 0.15) is 29.9 Å². The zero-order valence-corrected chi connectivity index (χ0v) is 17.4. The van der Waals surface area contributed by atoms with Crippen LogP contribution in [-0.2, 0) is 9.47 Å². The van der Waals surface area contributed by atoms with E-state index in [0.717, 1.165) is 5.56 Å². The number of H-pyrrole nitrogens is 1. The summed E-state index contributed by atoms with van der Waals surface area (Å²) in [5.41, 5.74) is 3.74. The maximum atomic E-state index is 14.9. The minimum atomic E-state index is -0.659. The smallest absolute Gasteiger partial charge is 0.295 e. The van der Waals surface area contributed by atoms with Gasteiger partial charge in [-0.3, -0.25) is 0 Å². The summed E-state index contributed by atoms with van der Waals surface area (Å²) in [4.78, 5) is 7.46. The molecule has 0 aliphatic carbocycles. The number of hydrogen-bond donors (Lipinski definition) is 3. The number of nitrogens with one attached hydrogen (secondary N) is 1. The van der Waals surface area contributed by atoms with Crippen molar-refractivity contribution in [1.82, 2.24) is 9.97 Å². The van der Waals surface area contributed by atoms with Crippen LogP contribution < -0.4 is 4.74 Å². The molecule has 3 N–H and O–H groups in total. The van der Waals surface area contributed by atoms with Crippen LogP contribution in [0, 0.1) is 5.82 Å². The number of para-hydroxylation sites is 1. The predicted molar refractivity (Wildman–Crippen MR) is 118 cm³/mol. The van der Waals surface area contributed by atoms with E-state index < -0.39 is 18.3 Å². The summed E-state index contributed by atoms with van der Waals surface area (Å²) in [5, 5.41) is 19.9. The van der Waals surface area contributed by atoms with Crippen LogP contribution in [0.1, 0.15) is 0 Å². The van der Waals surface area contributed by atoms with E-state index in [1.165, 1.54) is 6.07 Å². The van der Waals surface area contributed by atoms with Crippen molar-refractivity contribution in [2.75, 3.05) is 13.2 Å². The average molecular weight is 448 g/mol. The predicted octanol–water partition coefficient (Wildman–Crippen LogP) is 3.65. The lowest BCUT2D eigenvalue weighted by molar-refractivity contribution is 0.00706. The number of aliphatic hydroxyl groups is 1. The van der Waals surface area contributed by atoms with E-state index in [1.54, 1.807) is 18.2 Å². The molecule has 168 valence electrons. The Morgan fingerprint density at radius 1 is 0.939 bits per heavy atom. The number of nitrogens with zero attached hydrogens (tertiary/aromatic N) is 1. The number of hydrogen-bond acceptors (Lipinski definition) is 6. The number of rotatable bonds is 4. The molecule has 2 aliphatic rings. The summed E-state index contributed by atoms with van der Waals surface area (Å²) >= 11 is 0. The highest BCUT2D eigenvalue weighted by Gasteiger charge is 2.48. The Labute approximate surface area is 188 Å². The first-order valence-electron chi connectivity index (χ1n) is 10.7. The van der Waals surface area contributed by atoms with Gasteiger partial charge in [-0.25, -0.2) is 4.39 Å². The number of ether oxygens (including phenoxy) is 3. The van der Waals surface area contributed by atoms with E-state index in [2.05, 4.69) is 9.97 Å². The Morgan fingerprint density at radius 2 is 1.67 bits per heavy atom. The number of benzene rings is 3. The van der Waals surface area contributed by atoms with Crippen LogP contribution >= 0.6 is 0 Å². The number of aromatic amines is 1. The maximum absolute atomic E-state index is 14.9. The fraction of sp³-hybridized carbons (Fsp3) is 0.240. The highest BCUT2D eigenvalue weighted by Crippen LogP contribution is 2.34. The van der Waals surface area contributed by atoms with Crippen LogP contribution in [0.4, 0.5) is 4.39 Å². The summed E-state index contributed by atoms with van der Waals surface area (Å²) in [6.07, 6.45) is -1.82. The van der Waals surface area contributed by atoms with E-state index in [4.69, 9.17) is 14.2 Å². The third-order valence-corrected chi connectivity index (χ3v) is 6.20. The third kappa shape index (κ3) is 3.52. The molecule has 6 rings (SSSR count). The fourth-order valence-corrected chi connectivity index (χ4v) is 4.52. The molecule has 7 nitrogen and oxygen atoms in total. The average Bonchev–Trinajstić information content (AvgIpc) is 3.50. The Balaban J connectivity index is 1.27. The largest absolute Gasteiger partial charge is 0.507 e. The molecule has 0 amide bonds. The lowest BCUT2D eigenvalue weighted by Crippen LogP contribution is -2.34. The van der Waals surface area contributed by atoms with Crippen molar-refractivity contribution in [3.8, 4) is 34.0 Å². The number of phenols is 1. The van der Waals surface area contributed by atoms with Crippen molar-refractivity contribution >= 4 is 11.0 Å². The van der Waals surface area contributed by atoms with Crippen molar-refractivity contribution in [3.05, 3.63) is 66.5 Å². The van der Waals surface area contributed by atoms with Crippen molar-refractivity contribution in [2.45, 2.75) is 24.4 Å². The number of aromatic hydroxyl groups is 1. The van der Waals surface area contributed by atoms with Gasteiger partial charge in [-0.15, -0.1) is 0 Å². The number of phenolic OH excluding ortho intramolecular Hbond substituents is 1. The fourth-order valence-electron chi connectivity index (χ4n) is 4.52. The first kappa shape index (κ1) is 20.2. The molecule has 33 heavy (non-hydrogen) atoms. The van der Waals surface area contributed by atoms with Crippen LogP contribution in [0.5, 0.6) is 11.8 Å². The van der Waals surface area contributed by atoms with E-state index in [1.807, 2.05) is 36.4 Å². The summed E-state index contributed by atoms with van der Waals surface area (Å²) in [6, 6.07) is 17.7. The molecule has 3 aromatic carbocycles. The van der Waals surface area contributed by atoms with Gasteiger partial charge in [0.05, 0.1) is 24.2 Å². The Kier molecular flexibility index (Phi) is 4.79. The zero-order valence-electron chi connectivity index (χ0n) is 17.4. The molecule has 2 aliphatic heterocycles. The van der Waals surface area contributed by atoms with Gasteiger partial charge in [0.25, 0.3) is 6.01 Å². The van der Waals surface area contributed by atoms with E-state index in [9.17, 15) is 14.6 Å². The van der Waals surface area contributed by atoms with Gasteiger partial charge in [-0.1, -0.05) is 42.5 Å². The molecule has 4 aromatic rings. The quantitative estimate of drug-likeness (QED) is 0.441. The molecule has 0 radical (unpaired) electrons. The van der Waals surface area contributed by atoms with Crippen LogP contribution in [0.3, 0.4) is 0 Å². The lowest BCUT2D eigenvalue weighted by Gasteiger charge is -2.15. The normalized spacial score (nSPS) is 24.3. The summed E-state index contributed by atoms with van der Waals surface area (Å²) in [5.74, 6) is -0.196. The van der Waals surface area contributed by atoms with Crippen molar-refractivity contribution in [1.29, 1.82) is 0 Å². The highest BCUT2D eigenvalue weighted by atomic mass is 19.1. The monoisotopic (exact) mass is 448 g/mol. The second-order valence-corrected chi connectivity index (χ2v) is 8.31. The van der Waals surface area contributed by atoms with E-state index in [-0.39, 0.29) is 36.9 Å². The van der Waals surface area contributed by atoms with E-state index in [0.29, 0.717) is 27.7 Å². The molecule has 0 saturated carbocycles. The van der Waals surface area contributed by atoms with Gasteiger partial charge in [0, 0.05) is 17.2 Å². The molecule has 2 saturated heterocycles. The summed E-state index contributed by atoms with van der Waals surface area (Å²) in [7, 11) is 0. The molecular formula is C25H21FN2O5. The Bertz CT molecular complexity index is 1320. The minimum Gasteiger partial charge on any atom is -0.507 e. The van der Waals surface area contributed by atoms with Crippen LogP contribution in [0.2, 0.25) is 0 Å². The van der Waals surface area contributed by atoms with Gasteiger partial charge in [-0.05, 0) is 23.3 Å². The molecule has 0 unspecified atom stereocenters. The topological polar surface area (TPSA) is 96.8 Å². The second kappa shape index (κ2) is 7.84. The Hall–Kier alpha value is -3.46. The van der Waals surface area contributed by atoms with Crippen molar-refractivity contribution in [2.24, 2.45) is 0 Å². The summed E-state index contributed by atoms with van der Waals surface area (Å²) in [6.45, 7) is 0.499. The highest BCUT2D eigenvalue weighted by molar-refractivity contribution is 5.83. The molecule has 2 fully saturated rings. The van der Waals surface area contributed by atoms with E-state index >= 15 is 0 Å². The molecule has 8 heteroatoms. The van der Waals surface area contributed by atoms with Gasteiger partial charge in [0.2, 0.25) is 0 Å². The number of aromatic nitrogens is 2. The molecule has 4 atom stereocenters. The number of aliphatic hydroxyl groups excluding tert-OH is 1. The molecule has 3 heterocycles. The van der Waals surface area contributed by atoms with Gasteiger partial charge >= 0.3 is 0 Å². The Morgan fingerprint density at radius 3 is 2.45 bits per heavy atom. The molecular weight excluding hydrogens is 427 g/mol. The summed E-state index contributed by atoms with van der Waals surface area (Å²) < 4.78 is 32.0. The maximum Gasteiger partial charge on any atom is 0.295 e. The van der Waals surface area contributed by atoms with Crippen LogP contribution in [-0.4, -0.2) is 57.8 Å². The second-order valence-electron chi connectivity index (χ2n) is 8.31. The van der Waals surface area contributed by atoms with Crippen molar-refractivity contribution in [3.63, 3.8) is 0 Å². The molecule has 0 spiro atoms. The van der Waals surface area contributed by atoms with Crippen molar-refractivity contribution < 1.29 is 28.8 Å². The number of fused-ring (bicyclic) bond motifs is 2. The standard InChI is InChI=1S/C25H21FN2O5/c26-17-10-19-18(27-25(28-19)33-22-12-32-23-21(30)11-31-24(22)23)9-16(17)14-7-5-13(6-8-14)15-3-1-2-4-20(15)29/h1-10,21-24,29-30H,11-12H2,(H,27,28)/t21-,22-,23-,24-/m1/s1. The molecule has 1 aromatic heterocycles. The first-order valence-corrected chi connectivity index (χ1v) is 10.7. The van der Waals surface area contributed by atoms with Gasteiger partial charge in [-0.2, -0.15) is 4.98 Å². The minimum absolute atomic E-state index is 0.193. The lowest BCUT2D eigenvalue weighted by atomic mass is 9.99.